The molecular formula is C27H32N4O3S. The molecule has 8 heteroatoms. The summed E-state index contributed by atoms with van der Waals surface area (Å²) in [5.41, 5.74) is 4.27. The molecule has 1 atom stereocenters. The maximum atomic E-state index is 12.9. The van der Waals surface area contributed by atoms with Crippen LogP contribution in [0.15, 0.2) is 65.7 Å². The molecule has 0 radical (unpaired) electrons. The van der Waals surface area contributed by atoms with Gasteiger partial charge >= 0.3 is 0 Å². The van der Waals surface area contributed by atoms with Crippen LogP contribution >= 0.6 is 0 Å². The van der Waals surface area contributed by atoms with Crippen LogP contribution in [-0.2, 0) is 14.8 Å². The molecule has 0 aliphatic carbocycles. The van der Waals surface area contributed by atoms with Crippen LogP contribution in [-0.4, -0.2) is 60.7 Å². The second-order valence-electron chi connectivity index (χ2n) is 9.38. The van der Waals surface area contributed by atoms with E-state index in [9.17, 15) is 13.2 Å². The third-order valence-electron chi connectivity index (χ3n) is 7.18. The lowest BCUT2D eigenvalue weighted by Crippen LogP contribution is -2.44. The van der Waals surface area contributed by atoms with Crippen LogP contribution in [0, 0.1) is 0 Å². The number of amides is 1. The maximum absolute atomic E-state index is 12.9. The Balaban J connectivity index is 1.20. The maximum Gasteiger partial charge on any atom is 0.243 e. The molecule has 2 aliphatic rings. The first kappa shape index (κ1) is 23.8. The van der Waals surface area contributed by atoms with Crippen molar-refractivity contribution in [1.29, 1.82) is 0 Å². The monoisotopic (exact) mass is 492 g/mol. The Kier molecular flexibility index (Phi) is 6.77. The molecule has 2 aromatic carbocycles. The normalized spacial score (nSPS) is 18.8. The Morgan fingerprint density at radius 2 is 1.74 bits per heavy atom. The van der Waals surface area contributed by atoms with Crippen LogP contribution in [0.4, 0.5) is 5.69 Å². The van der Waals surface area contributed by atoms with Crippen molar-refractivity contribution in [3.8, 4) is 0 Å². The number of hydrogen-bond acceptors (Lipinski definition) is 4. The standard InChI is InChI=1S/C27H32N4O3S/c1-20(30-17-13-21(14-18-30)25-19-28-26-8-4-3-7-24(25)26)27(32)29-22-9-11-23(12-10-22)35(33,34)31-15-5-2-6-16-31/h3-4,7-13,19-20,28H,2,5-6,14-18H2,1H3,(H,29,32). The highest BCUT2D eigenvalue weighted by Gasteiger charge is 2.27. The Morgan fingerprint density at radius 3 is 2.46 bits per heavy atom. The summed E-state index contributed by atoms with van der Waals surface area (Å²) in [5, 5.41) is 4.17. The van der Waals surface area contributed by atoms with E-state index < -0.39 is 10.0 Å². The number of sulfonamides is 1. The first-order valence-corrected chi connectivity index (χ1v) is 13.8. The summed E-state index contributed by atoms with van der Waals surface area (Å²) < 4.78 is 27.2. The summed E-state index contributed by atoms with van der Waals surface area (Å²) in [7, 11) is -3.47. The van der Waals surface area contributed by atoms with Gasteiger partial charge in [0.05, 0.1) is 10.9 Å². The molecule has 184 valence electrons. The molecule has 2 aliphatic heterocycles. The quantitative estimate of drug-likeness (QED) is 0.532. The molecule has 35 heavy (non-hydrogen) atoms. The predicted molar refractivity (Wildman–Crippen MR) is 140 cm³/mol. The Labute approximate surface area is 206 Å². The van der Waals surface area contributed by atoms with E-state index in [2.05, 4.69) is 45.7 Å². The highest BCUT2D eigenvalue weighted by molar-refractivity contribution is 7.89. The first-order valence-electron chi connectivity index (χ1n) is 12.3. The van der Waals surface area contributed by atoms with Crippen molar-refractivity contribution in [2.45, 2.75) is 43.5 Å². The van der Waals surface area contributed by atoms with Crippen molar-refractivity contribution in [2.75, 3.05) is 31.5 Å². The van der Waals surface area contributed by atoms with Crippen molar-refractivity contribution in [1.82, 2.24) is 14.2 Å². The summed E-state index contributed by atoms with van der Waals surface area (Å²) in [6, 6.07) is 14.5. The van der Waals surface area contributed by atoms with Gasteiger partial charge in [0.25, 0.3) is 0 Å². The van der Waals surface area contributed by atoms with E-state index in [1.165, 1.54) is 16.5 Å². The third kappa shape index (κ3) is 4.91. The molecule has 0 bridgehead atoms. The van der Waals surface area contributed by atoms with Crippen molar-refractivity contribution < 1.29 is 13.2 Å². The zero-order valence-electron chi connectivity index (χ0n) is 20.0. The van der Waals surface area contributed by atoms with E-state index in [-0.39, 0.29) is 16.8 Å². The average molecular weight is 493 g/mol. The number of para-hydroxylation sites is 1. The van der Waals surface area contributed by atoms with Gasteiger partial charge in [-0.15, -0.1) is 0 Å². The fourth-order valence-electron chi connectivity index (χ4n) is 5.00. The van der Waals surface area contributed by atoms with E-state index >= 15 is 0 Å². The zero-order chi connectivity index (χ0) is 24.4. The lowest BCUT2D eigenvalue weighted by atomic mass is 9.98. The van der Waals surface area contributed by atoms with Crippen LogP contribution < -0.4 is 5.32 Å². The second-order valence-corrected chi connectivity index (χ2v) is 11.3. The van der Waals surface area contributed by atoms with Gasteiger partial charge < -0.3 is 10.3 Å². The van der Waals surface area contributed by atoms with Gasteiger partial charge in [-0.3, -0.25) is 9.69 Å². The van der Waals surface area contributed by atoms with E-state index in [0.29, 0.717) is 25.3 Å². The van der Waals surface area contributed by atoms with E-state index in [4.69, 9.17) is 0 Å². The van der Waals surface area contributed by atoms with Crippen molar-refractivity contribution in [3.05, 3.63) is 66.4 Å². The number of fused-ring (bicyclic) bond motifs is 1. The number of aromatic nitrogens is 1. The molecule has 5 rings (SSSR count). The number of benzene rings is 2. The Morgan fingerprint density at radius 1 is 1.00 bits per heavy atom. The number of nitrogens with one attached hydrogen (secondary N) is 2. The number of hydrogen-bond donors (Lipinski definition) is 2. The molecular weight excluding hydrogens is 460 g/mol. The van der Waals surface area contributed by atoms with Crippen LogP contribution in [0.1, 0.15) is 38.2 Å². The van der Waals surface area contributed by atoms with Gasteiger partial charge in [0.15, 0.2) is 0 Å². The van der Waals surface area contributed by atoms with Gasteiger partial charge in [0.2, 0.25) is 15.9 Å². The number of piperidine rings is 1. The molecule has 0 saturated carbocycles. The minimum absolute atomic E-state index is 0.0967. The second kappa shape index (κ2) is 9.97. The molecule has 3 heterocycles. The zero-order valence-corrected chi connectivity index (χ0v) is 20.9. The number of aromatic amines is 1. The van der Waals surface area contributed by atoms with E-state index in [1.54, 1.807) is 28.6 Å². The average Bonchev–Trinajstić information content (AvgIpc) is 3.33. The predicted octanol–water partition coefficient (Wildman–Crippen LogP) is 4.46. The molecule has 1 saturated heterocycles. The van der Waals surface area contributed by atoms with Crippen molar-refractivity contribution in [3.63, 3.8) is 0 Å². The van der Waals surface area contributed by atoms with Gasteiger partial charge in [-0.25, -0.2) is 8.42 Å². The lowest BCUT2D eigenvalue weighted by Gasteiger charge is -2.31. The lowest BCUT2D eigenvalue weighted by molar-refractivity contribution is -0.120. The highest BCUT2D eigenvalue weighted by Crippen LogP contribution is 2.30. The summed E-state index contributed by atoms with van der Waals surface area (Å²) in [6.07, 6.45) is 8.04. The molecule has 0 spiro atoms. The van der Waals surface area contributed by atoms with E-state index in [0.717, 1.165) is 37.7 Å². The minimum Gasteiger partial charge on any atom is -0.361 e. The fraction of sp³-hybridized carbons (Fsp3) is 0.370. The first-order chi connectivity index (χ1) is 16.9. The summed E-state index contributed by atoms with van der Waals surface area (Å²) in [6.45, 7) is 4.56. The van der Waals surface area contributed by atoms with Crippen molar-refractivity contribution in [2.24, 2.45) is 0 Å². The number of nitrogens with zero attached hydrogens (tertiary/aromatic N) is 2. The van der Waals surface area contributed by atoms with Crippen LogP contribution in [0.5, 0.6) is 0 Å². The van der Waals surface area contributed by atoms with Crippen molar-refractivity contribution >= 4 is 38.1 Å². The van der Waals surface area contributed by atoms with Gasteiger partial charge in [0, 0.05) is 54.5 Å². The topological polar surface area (TPSA) is 85.5 Å². The van der Waals surface area contributed by atoms with Crippen LogP contribution in [0.25, 0.3) is 16.5 Å². The molecule has 1 aromatic heterocycles. The summed E-state index contributed by atoms with van der Waals surface area (Å²) >= 11 is 0. The molecule has 2 N–H and O–H groups in total. The van der Waals surface area contributed by atoms with Gasteiger partial charge in [0.1, 0.15) is 0 Å². The largest absolute Gasteiger partial charge is 0.361 e. The number of carbonyl (C=O) groups is 1. The smallest absolute Gasteiger partial charge is 0.243 e. The molecule has 1 fully saturated rings. The number of carbonyl (C=O) groups excluding carboxylic acids is 1. The van der Waals surface area contributed by atoms with Crippen LogP contribution in [0.2, 0.25) is 0 Å². The fourth-order valence-corrected chi connectivity index (χ4v) is 6.51. The Hall–Kier alpha value is -2.94. The summed E-state index contributed by atoms with van der Waals surface area (Å²) in [4.78, 5) is 18.7. The molecule has 1 amide bonds. The van der Waals surface area contributed by atoms with E-state index in [1.807, 2.05) is 13.0 Å². The highest BCUT2D eigenvalue weighted by atomic mass is 32.2. The Bertz CT molecular complexity index is 1340. The minimum atomic E-state index is -3.47. The van der Waals surface area contributed by atoms with Gasteiger partial charge in [-0.2, -0.15) is 4.31 Å². The molecule has 1 unspecified atom stereocenters. The summed E-state index contributed by atoms with van der Waals surface area (Å²) in [5.74, 6) is -0.0967. The van der Waals surface area contributed by atoms with Gasteiger partial charge in [-0.1, -0.05) is 30.7 Å². The molecule has 3 aromatic rings. The molecule has 7 nitrogen and oxygen atoms in total. The third-order valence-corrected chi connectivity index (χ3v) is 9.09. The SMILES string of the molecule is CC(C(=O)Nc1ccc(S(=O)(=O)N2CCCCC2)cc1)N1CC=C(c2c[nH]c3ccccc23)CC1. The van der Waals surface area contributed by atoms with Crippen LogP contribution in [0.3, 0.4) is 0 Å². The number of H-pyrrole nitrogens is 1. The van der Waals surface area contributed by atoms with Gasteiger partial charge in [-0.05, 0) is 62.1 Å². The number of rotatable bonds is 6. The number of anilines is 1.